The second-order valence-electron chi connectivity index (χ2n) is 4.81. The van der Waals surface area contributed by atoms with Gasteiger partial charge in [0.05, 0.1) is 0 Å². The molecule has 0 unspecified atom stereocenters. The number of anilines is 1. The molecule has 1 amide bonds. The van der Waals surface area contributed by atoms with Crippen LogP contribution in [0.3, 0.4) is 0 Å². The van der Waals surface area contributed by atoms with Gasteiger partial charge in [-0.1, -0.05) is 25.1 Å². The lowest BCUT2D eigenvalue weighted by Gasteiger charge is -2.30. The molecule has 0 bridgehead atoms. The van der Waals surface area contributed by atoms with Crippen molar-refractivity contribution in [3.05, 3.63) is 29.8 Å². The molecule has 18 heavy (non-hydrogen) atoms. The Labute approximate surface area is 109 Å². The molecule has 0 saturated carbocycles. The van der Waals surface area contributed by atoms with Gasteiger partial charge in [-0.3, -0.25) is 4.79 Å². The van der Waals surface area contributed by atoms with Gasteiger partial charge >= 0.3 is 0 Å². The third-order valence-corrected chi connectivity index (χ3v) is 3.49. The molecule has 0 aromatic heterocycles. The Morgan fingerprint density at radius 3 is 2.67 bits per heavy atom. The number of benzene rings is 1. The Kier molecular flexibility index (Phi) is 4.62. The highest BCUT2D eigenvalue weighted by Gasteiger charge is 2.13. The predicted octanol–water partition coefficient (Wildman–Crippen LogP) is 2.70. The number of carbonyl (C=O) groups is 1. The SMILES string of the molecule is CCC(=O)NCc1ccccc1N1CCCCC1. The van der Waals surface area contributed by atoms with E-state index in [9.17, 15) is 4.79 Å². The molecule has 0 spiro atoms. The Hall–Kier alpha value is -1.51. The zero-order valence-corrected chi connectivity index (χ0v) is 11.1. The lowest BCUT2D eigenvalue weighted by Crippen LogP contribution is -2.31. The third kappa shape index (κ3) is 3.25. The van der Waals surface area contributed by atoms with Crippen LogP contribution in [0.1, 0.15) is 38.2 Å². The normalized spacial score (nSPS) is 15.5. The molecule has 2 rings (SSSR count). The molecule has 1 fully saturated rings. The number of hydrogen-bond donors (Lipinski definition) is 1. The van der Waals surface area contributed by atoms with E-state index in [1.807, 2.05) is 13.0 Å². The zero-order chi connectivity index (χ0) is 12.8. The van der Waals surface area contributed by atoms with Gasteiger partial charge in [0.2, 0.25) is 5.91 Å². The Morgan fingerprint density at radius 2 is 1.94 bits per heavy atom. The first-order valence-electron chi connectivity index (χ1n) is 6.91. The van der Waals surface area contributed by atoms with Gasteiger partial charge in [0.1, 0.15) is 0 Å². The molecular weight excluding hydrogens is 224 g/mol. The van der Waals surface area contributed by atoms with E-state index in [1.165, 1.54) is 30.5 Å². The van der Waals surface area contributed by atoms with Crippen LogP contribution in [0, 0.1) is 0 Å². The van der Waals surface area contributed by atoms with Crippen LogP contribution in [-0.4, -0.2) is 19.0 Å². The van der Waals surface area contributed by atoms with Crippen LogP contribution in [0.5, 0.6) is 0 Å². The van der Waals surface area contributed by atoms with Crippen molar-refractivity contribution in [2.24, 2.45) is 0 Å². The van der Waals surface area contributed by atoms with E-state index in [4.69, 9.17) is 0 Å². The van der Waals surface area contributed by atoms with Crippen LogP contribution in [0.2, 0.25) is 0 Å². The van der Waals surface area contributed by atoms with Gasteiger partial charge in [0, 0.05) is 31.7 Å². The number of hydrogen-bond acceptors (Lipinski definition) is 2. The highest BCUT2D eigenvalue weighted by molar-refractivity contribution is 5.75. The first-order valence-corrected chi connectivity index (χ1v) is 6.91. The monoisotopic (exact) mass is 246 g/mol. The van der Waals surface area contributed by atoms with Gasteiger partial charge in [-0.05, 0) is 30.9 Å². The van der Waals surface area contributed by atoms with Crippen molar-refractivity contribution in [3.63, 3.8) is 0 Å². The third-order valence-electron chi connectivity index (χ3n) is 3.49. The summed E-state index contributed by atoms with van der Waals surface area (Å²) in [6.45, 7) is 4.79. The summed E-state index contributed by atoms with van der Waals surface area (Å²) < 4.78 is 0. The van der Waals surface area contributed by atoms with Crippen molar-refractivity contribution < 1.29 is 4.79 Å². The van der Waals surface area contributed by atoms with E-state index < -0.39 is 0 Å². The average molecular weight is 246 g/mol. The molecule has 1 aliphatic rings. The summed E-state index contributed by atoms with van der Waals surface area (Å²) in [6, 6.07) is 8.40. The summed E-state index contributed by atoms with van der Waals surface area (Å²) in [5.41, 5.74) is 2.51. The molecule has 1 aliphatic heterocycles. The molecule has 1 aromatic carbocycles. The van der Waals surface area contributed by atoms with Crippen molar-refractivity contribution in [1.82, 2.24) is 5.32 Å². The lowest BCUT2D eigenvalue weighted by atomic mass is 10.1. The molecule has 3 heteroatoms. The van der Waals surface area contributed by atoms with Gasteiger partial charge in [-0.2, -0.15) is 0 Å². The fraction of sp³-hybridized carbons (Fsp3) is 0.533. The second kappa shape index (κ2) is 6.43. The molecule has 1 heterocycles. The standard InChI is InChI=1S/C15H22N2O/c1-2-15(18)16-12-13-8-4-5-9-14(13)17-10-6-3-7-11-17/h4-5,8-9H,2-3,6-7,10-12H2,1H3,(H,16,18). The smallest absolute Gasteiger partial charge is 0.219 e. The minimum absolute atomic E-state index is 0.114. The summed E-state index contributed by atoms with van der Waals surface area (Å²) in [6.07, 6.45) is 4.43. The Balaban J connectivity index is 2.06. The Morgan fingerprint density at radius 1 is 1.22 bits per heavy atom. The van der Waals surface area contributed by atoms with E-state index in [0.717, 1.165) is 13.1 Å². The van der Waals surface area contributed by atoms with Gasteiger partial charge in [0.15, 0.2) is 0 Å². The Bertz CT molecular complexity index is 397. The van der Waals surface area contributed by atoms with Crippen LogP contribution in [0.4, 0.5) is 5.69 Å². The molecule has 0 atom stereocenters. The van der Waals surface area contributed by atoms with Crippen LogP contribution >= 0.6 is 0 Å². The zero-order valence-electron chi connectivity index (χ0n) is 11.1. The highest BCUT2D eigenvalue weighted by Crippen LogP contribution is 2.23. The van der Waals surface area contributed by atoms with Crippen molar-refractivity contribution in [3.8, 4) is 0 Å². The fourth-order valence-electron chi connectivity index (χ4n) is 2.42. The second-order valence-corrected chi connectivity index (χ2v) is 4.81. The number of rotatable bonds is 4. The minimum Gasteiger partial charge on any atom is -0.371 e. The molecule has 3 nitrogen and oxygen atoms in total. The molecule has 1 aromatic rings. The average Bonchev–Trinajstić information content (AvgIpc) is 2.46. The maximum absolute atomic E-state index is 11.3. The largest absolute Gasteiger partial charge is 0.371 e. The molecule has 1 N–H and O–H groups in total. The molecule has 0 aliphatic carbocycles. The maximum atomic E-state index is 11.3. The number of para-hydroxylation sites is 1. The van der Waals surface area contributed by atoms with E-state index in [0.29, 0.717) is 13.0 Å². The van der Waals surface area contributed by atoms with Crippen molar-refractivity contribution in [2.75, 3.05) is 18.0 Å². The van der Waals surface area contributed by atoms with Gasteiger partial charge in [-0.15, -0.1) is 0 Å². The number of carbonyl (C=O) groups excluding carboxylic acids is 1. The number of amides is 1. The van der Waals surface area contributed by atoms with E-state index in [1.54, 1.807) is 0 Å². The van der Waals surface area contributed by atoms with Crippen molar-refractivity contribution in [1.29, 1.82) is 0 Å². The van der Waals surface area contributed by atoms with Crippen LogP contribution in [0.15, 0.2) is 24.3 Å². The summed E-state index contributed by atoms with van der Waals surface area (Å²) >= 11 is 0. The molecule has 98 valence electrons. The van der Waals surface area contributed by atoms with Crippen LogP contribution < -0.4 is 10.2 Å². The number of piperidine rings is 1. The quantitative estimate of drug-likeness (QED) is 0.886. The summed E-state index contributed by atoms with van der Waals surface area (Å²) in [7, 11) is 0. The summed E-state index contributed by atoms with van der Waals surface area (Å²) in [4.78, 5) is 13.8. The highest BCUT2D eigenvalue weighted by atomic mass is 16.1. The molecule has 1 saturated heterocycles. The van der Waals surface area contributed by atoms with Gasteiger partial charge in [-0.25, -0.2) is 0 Å². The first-order chi connectivity index (χ1) is 8.81. The first kappa shape index (κ1) is 12.9. The van der Waals surface area contributed by atoms with Gasteiger partial charge in [0.25, 0.3) is 0 Å². The van der Waals surface area contributed by atoms with E-state index in [2.05, 4.69) is 28.4 Å². The van der Waals surface area contributed by atoms with Crippen LogP contribution in [0.25, 0.3) is 0 Å². The van der Waals surface area contributed by atoms with Crippen molar-refractivity contribution >= 4 is 11.6 Å². The number of nitrogens with zero attached hydrogens (tertiary/aromatic N) is 1. The van der Waals surface area contributed by atoms with Crippen LogP contribution in [-0.2, 0) is 11.3 Å². The lowest BCUT2D eigenvalue weighted by molar-refractivity contribution is -0.120. The molecule has 0 radical (unpaired) electrons. The summed E-state index contributed by atoms with van der Waals surface area (Å²) in [5.74, 6) is 0.114. The predicted molar refractivity (Wildman–Crippen MR) is 74.6 cm³/mol. The maximum Gasteiger partial charge on any atom is 0.219 e. The van der Waals surface area contributed by atoms with Crippen molar-refractivity contribution in [2.45, 2.75) is 39.2 Å². The summed E-state index contributed by atoms with van der Waals surface area (Å²) in [5, 5.41) is 2.96. The number of nitrogens with one attached hydrogen (secondary N) is 1. The van der Waals surface area contributed by atoms with E-state index in [-0.39, 0.29) is 5.91 Å². The van der Waals surface area contributed by atoms with Gasteiger partial charge < -0.3 is 10.2 Å². The fourth-order valence-corrected chi connectivity index (χ4v) is 2.42. The molecular formula is C15H22N2O. The van der Waals surface area contributed by atoms with E-state index >= 15 is 0 Å². The topological polar surface area (TPSA) is 32.3 Å². The minimum atomic E-state index is 0.114.